The van der Waals surface area contributed by atoms with Crippen LogP contribution >= 0.6 is 0 Å². The standard InChI is InChI=1S/C53H78N12O28/c1-29(66)82-27-40-43(85-31(3)68)46(87-33(5)70)49(89-35(7)72)52(92-40)80-16-12-64-22-37(58-62-64)24-77-26-39-42(78-20-18-75-14-10-56-60-54)45(79-21-19-76-15-11-57-61-55)48(51(74-9)91-39)84-25-38-23-65(63-59-38)13-17-81-53-50(90-36(8)73)47(88-34(6)71)44(86-32(4)69)41(93-53)28-83-30(2)67/h22-23,39-53H,10-21,24-28H2,1-9H3/t39-,40-,41-,42+,43-,44-,45+,46+,47+,48-,49+,50+,51+,52+,53+/m1/s1. The Morgan fingerprint density at radius 3 is 1.25 bits per heavy atom. The van der Waals surface area contributed by atoms with E-state index in [2.05, 4.69) is 40.7 Å². The fourth-order valence-corrected chi connectivity index (χ4v) is 9.42. The van der Waals surface area contributed by atoms with Crippen molar-refractivity contribution in [2.75, 3.05) is 92.9 Å². The van der Waals surface area contributed by atoms with Crippen LogP contribution in [-0.4, -0.2) is 263 Å². The lowest BCUT2D eigenvalue weighted by Gasteiger charge is -2.45. The van der Waals surface area contributed by atoms with E-state index in [0.717, 1.165) is 55.4 Å². The van der Waals surface area contributed by atoms with Crippen LogP contribution in [0.25, 0.3) is 20.9 Å². The van der Waals surface area contributed by atoms with E-state index in [1.54, 1.807) is 12.4 Å². The third kappa shape index (κ3) is 26.2. The molecule has 5 heterocycles. The third-order valence-corrected chi connectivity index (χ3v) is 12.9. The van der Waals surface area contributed by atoms with Gasteiger partial charge in [0.1, 0.15) is 61.2 Å². The summed E-state index contributed by atoms with van der Waals surface area (Å²) >= 11 is 0. The summed E-state index contributed by atoms with van der Waals surface area (Å²) in [4.78, 5) is 103. The van der Waals surface area contributed by atoms with Crippen LogP contribution in [0.1, 0.15) is 66.8 Å². The highest BCUT2D eigenvalue weighted by atomic mass is 16.8. The molecule has 3 aliphatic heterocycles. The van der Waals surface area contributed by atoms with Crippen molar-refractivity contribution in [2.24, 2.45) is 10.2 Å². The lowest BCUT2D eigenvalue weighted by molar-refractivity contribution is -0.321. The number of rotatable bonds is 40. The molecule has 3 aliphatic rings. The Hall–Kier alpha value is -7.82. The molecule has 0 aliphatic carbocycles. The zero-order chi connectivity index (χ0) is 67.8. The van der Waals surface area contributed by atoms with Crippen molar-refractivity contribution in [1.29, 1.82) is 0 Å². The molecule has 15 atom stereocenters. The highest BCUT2D eigenvalue weighted by Gasteiger charge is 2.55. The van der Waals surface area contributed by atoms with Gasteiger partial charge in [-0.3, -0.25) is 38.4 Å². The molecule has 2 aromatic rings. The molecule has 0 N–H and O–H groups in total. The van der Waals surface area contributed by atoms with Gasteiger partial charge in [-0.25, -0.2) is 9.36 Å². The zero-order valence-electron chi connectivity index (χ0n) is 52.6. The summed E-state index contributed by atoms with van der Waals surface area (Å²) in [5.74, 6) is -6.21. The summed E-state index contributed by atoms with van der Waals surface area (Å²) in [7, 11) is 1.38. The maximum absolute atomic E-state index is 12.3. The molecule has 3 fully saturated rings. The summed E-state index contributed by atoms with van der Waals surface area (Å²) in [6.45, 7) is 7.49. The number of hydrogen-bond donors (Lipinski definition) is 0. The Balaban J connectivity index is 1.29. The van der Waals surface area contributed by atoms with Crippen LogP contribution in [0.3, 0.4) is 0 Å². The Bertz CT molecular complexity index is 2820. The second kappa shape index (κ2) is 40.3. The quantitative estimate of drug-likeness (QED) is 0.0211. The number of esters is 8. The lowest BCUT2D eigenvalue weighted by atomic mass is 9.98. The van der Waals surface area contributed by atoms with Crippen LogP contribution in [0.2, 0.25) is 0 Å². The van der Waals surface area contributed by atoms with Gasteiger partial charge in [-0.05, 0) is 11.1 Å². The number of aromatic nitrogens is 6. The topological polar surface area (TPSA) is 480 Å². The molecule has 3 saturated heterocycles. The molecule has 40 nitrogen and oxygen atoms in total. The highest BCUT2D eigenvalue weighted by molar-refractivity contribution is 5.70. The van der Waals surface area contributed by atoms with Gasteiger partial charge < -0.3 is 94.7 Å². The van der Waals surface area contributed by atoms with Crippen molar-refractivity contribution >= 4 is 47.8 Å². The minimum absolute atomic E-state index is 0.00478. The molecule has 0 spiro atoms. The van der Waals surface area contributed by atoms with Gasteiger partial charge in [0.15, 0.2) is 55.5 Å². The van der Waals surface area contributed by atoms with Crippen LogP contribution in [0.15, 0.2) is 22.6 Å². The zero-order valence-corrected chi connectivity index (χ0v) is 52.6. The predicted octanol–water partition coefficient (Wildman–Crippen LogP) is -0.0335. The second-order valence-electron chi connectivity index (χ2n) is 20.2. The minimum Gasteiger partial charge on any atom is -0.463 e. The van der Waals surface area contributed by atoms with Crippen LogP contribution in [0.5, 0.6) is 0 Å². The van der Waals surface area contributed by atoms with Gasteiger partial charge >= 0.3 is 47.8 Å². The lowest BCUT2D eigenvalue weighted by Crippen LogP contribution is -2.63. The molecule has 2 aromatic heterocycles. The van der Waals surface area contributed by atoms with Gasteiger partial charge in [0.05, 0.1) is 98.2 Å². The van der Waals surface area contributed by atoms with E-state index in [1.807, 2.05) is 0 Å². The van der Waals surface area contributed by atoms with Crippen molar-refractivity contribution in [3.8, 4) is 0 Å². The number of carbonyl (C=O) groups is 8. The molecule has 93 heavy (non-hydrogen) atoms. The van der Waals surface area contributed by atoms with E-state index in [9.17, 15) is 38.4 Å². The maximum Gasteiger partial charge on any atom is 0.303 e. The van der Waals surface area contributed by atoms with E-state index in [4.69, 9.17) is 106 Å². The van der Waals surface area contributed by atoms with E-state index in [-0.39, 0.29) is 98.9 Å². The number of methoxy groups -OCH3 is 1. The van der Waals surface area contributed by atoms with Crippen molar-refractivity contribution in [3.05, 3.63) is 44.7 Å². The van der Waals surface area contributed by atoms with Gasteiger partial charge in [0.2, 0.25) is 0 Å². The van der Waals surface area contributed by atoms with Gasteiger partial charge in [-0.1, -0.05) is 20.7 Å². The van der Waals surface area contributed by atoms with Gasteiger partial charge in [0.25, 0.3) is 0 Å². The number of nitrogens with zero attached hydrogens (tertiary/aromatic N) is 12. The monoisotopic (exact) mass is 1330 g/mol. The largest absolute Gasteiger partial charge is 0.463 e. The number of azide groups is 2. The molecule has 518 valence electrons. The summed E-state index contributed by atoms with van der Waals surface area (Å²) in [6, 6.07) is 0. The fraction of sp³-hybridized carbons (Fsp3) is 0.774. The highest BCUT2D eigenvalue weighted by Crippen LogP contribution is 2.33. The second-order valence-corrected chi connectivity index (χ2v) is 20.2. The van der Waals surface area contributed by atoms with Crippen LogP contribution in [0.4, 0.5) is 0 Å². The number of carbonyl (C=O) groups excluding carboxylic acids is 8. The van der Waals surface area contributed by atoms with Crippen molar-refractivity contribution in [1.82, 2.24) is 30.0 Å². The third-order valence-electron chi connectivity index (χ3n) is 12.9. The normalized spacial score (nSPS) is 25.8. The van der Waals surface area contributed by atoms with Crippen molar-refractivity contribution < 1.29 is 133 Å². The van der Waals surface area contributed by atoms with E-state index < -0.39 is 153 Å². The molecule has 0 bridgehead atoms. The summed E-state index contributed by atoms with van der Waals surface area (Å²) < 4.78 is 119. The molecule has 0 saturated carbocycles. The first-order valence-electron chi connectivity index (χ1n) is 29.0. The number of ether oxygens (including phenoxy) is 20. The summed E-state index contributed by atoms with van der Waals surface area (Å²) in [6.07, 6.45) is -16.0. The Morgan fingerprint density at radius 2 is 0.828 bits per heavy atom. The van der Waals surface area contributed by atoms with Gasteiger partial charge in [-0.2, -0.15) is 0 Å². The predicted molar refractivity (Wildman–Crippen MR) is 299 cm³/mol. The maximum atomic E-state index is 12.3. The molecule has 40 heteroatoms. The molecular formula is C53H78N12O28. The van der Waals surface area contributed by atoms with E-state index in [0.29, 0.717) is 11.4 Å². The number of hydrogen-bond acceptors (Lipinski definition) is 34. The smallest absolute Gasteiger partial charge is 0.303 e. The molecule has 0 aromatic carbocycles. The Kier molecular flexibility index (Phi) is 32.9. The average molecular weight is 1330 g/mol. The molecule has 0 radical (unpaired) electrons. The molecule has 0 unspecified atom stereocenters. The van der Waals surface area contributed by atoms with Gasteiger partial charge in [-0.15, -0.1) is 10.2 Å². The Morgan fingerprint density at radius 1 is 0.430 bits per heavy atom. The fourth-order valence-electron chi connectivity index (χ4n) is 9.42. The van der Waals surface area contributed by atoms with E-state index >= 15 is 0 Å². The van der Waals surface area contributed by atoms with Crippen molar-refractivity contribution in [3.63, 3.8) is 0 Å². The molecule has 0 amide bonds. The summed E-state index contributed by atoms with van der Waals surface area (Å²) in [5, 5.41) is 23.7. The average Bonchev–Trinajstić information content (AvgIpc) is 1.43. The molecular weight excluding hydrogens is 1250 g/mol. The first-order valence-corrected chi connectivity index (χ1v) is 29.0. The SMILES string of the molecule is CO[C@H]1O[C@H](COCc2cn(CCO[C@H]3O[C@H](COC(C)=O)[C@@H](OC(C)=O)[C@H](OC(C)=O)[C@@H]3OC(C)=O)nn2)[C@H](OCCOCCN=[N+]=[N-])[C@H](OCCOCCN=[N+]=[N-])[C@H]1OCc1cn(CCO[C@H]2O[C@H](COC(C)=O)[C@@H](OC(C)=O)[C@H](OC(C)=O)[C@@H]2OC(C)=O)nn1. The first-order chi connectivity index (χ1) is 44.6. The first kappa shape index (κ1) is 75.9. The minimum atomic E-state index is -1.46. The van der Waals surface area contributed by atoms with Gasteiger partial charge in [0, 0.05) is 85.4 Å². The Labute approximate surface area is 531 Å². The van der Waals surface area contributed by atoms with E-state index in [1.165, 1.54) is 16.5 Å². The van der Waals surface area contributed by atoms with Crippen LogP contribution < -0.4 is 0 Å². The summed E-state index contributed by atoms with van der Waals surface area (Å²) in [5.41, 5.74) is 18.1. The van der Waals surface area contributed by atoms with Crippen LogP contribution in [-0.2, 0) is 159 Å². The van der Waals surface area contributed by atoms with Crippen molar-refractivity contribution in [2.45, 2.75) is 174 Å². The van der Waals surface area contributed by atoms with Crippen LogP contribution in [0, 0.1) is 0 Å². The molecule has 5 rings (SSSR count).